The SMILES string of the molecule is CCNC(=NCCc1ccccc1)N(C)Cc1cccn1C. The number of benzene rings is 1. The molecule has 0 spiro atoms. The molecule has 4 nitrogen and oxygen atoms in total. The number of aliphatic imine (C=N–C) groups is 1. The quantitative estimate of drug-likeness (QED) is 0.657. The van der Waals surface area contributed by atoms with Crippen LogP contribution in [0.5, 0.6) is 0 Å². The molecule has 0 aliphatic rings. The van der Waals surface area contributed by atoms with Crippen molar-refractivity contribution in [1.82, 2.24) is 14.8 Å². The minimum Gasteiger partial charge on any atom is -0.357 e. The lowest BCUT2D eigenvalue weighted by Gasteiger charge is -2.22. The number of guanidine groups is 1. The van der Waals surface area contributed by atoms with Gasteiger partial charge in [0.1, 0.15) is 0 Å². The average Bonchev–Trinajstić information content (AvgIpc) is 2.92. The molecule has 1 N–H and O–H groups in total. The Morgan fingerprint density at radius 3 is 2.59 bits per heavy atom. The van der Waals surface area contributed by atoms with Crippen molar-refractivity contribution >= 4 is 5.96 Å². The largest absolute Gasteiger partial charge is 0.357 e. The van der Waals surface area contributed by atoms with E-state index >= 15 is 0 Å². The highest BCUT2D eigenvalue weighted by atomic mass is 15.3. The molecular weight excluding hydrogens is 272 g/mol. The standard InChI is InChI=1S/C18H26N4/c1-4-19-18(20-13-12-16-9-6-5-7-10-16)22(3)15-17-11-8-14-21(17)2/h5-11,14H,4,12-13,15H2,1-3H3,(H,19,20). The summed E-state index contributed by atoms with van der Waals surface area (Å²) in [5.74, 6) is 0.958. The number of rotatable bonds is 6. The molecule has 0 unspecified atom stereocenters. The fraction of sp³-hybridized carbons (Fsp3) is 0.389. The second-order valence-corrected chi connectivity index (χ2v) is 5.44. The van der Waals surface area contributed by atoms with Gasteiger partial charge in [-0.05, 0) is 31.0 Å². The Bertz CT molecular complexity index is 586. The molecule has 2 aromatic rings. The molecule has 1 aromatic carbocycles. The van der Waals surface area contributed by atoms with Crippen molar-refractivity contribution in [2.24, 2.45) is 12.0 Å². The van der Waals surface area contributed by atoms with Gasteiger partial charge in [-0.15, -0.1) is 0 Å². The smallest absolute Gasteiger partial charge is 0.194 e. The number of aromatic nitrogens is 1. The number of aryl methyl sites for hydroxylation is 1. The van der Waals surface area contributed by atoms with E-state index < -0.39 is 0 Å². The van der Waals surface area contributed by atoms with Crippen LogP contribution in [0.3, 0.4) is 0 Å². The van der Waals surface area contributed by atoms with Crippen LogP contribution in [0.15, 0.2) is 53.7 Å². The predicted molar refractivity (Wildman–Crippen MR) is 93.0 cm³/mol. The van der Waals surface area contributed by atoms with Gasteiger partial charge >= 0.3 is 0 Å². The minimum absolute atomic E-state index is 0.795. The van der Waals surface area contributed by atoms with Gasteiger partial charge in [0.15, 0.2) is 5.96 Å². The summed E-state index contributed by atoms with van der Waals surface area (Å²) in [5, 5.41) is 3.37. The summed E-state index contributed by atoms with van der Waals surface area (Å²) in [5.41, 5.74) is 2.60. The van der Waals surface area contributed by atoms with Gasteiger partial charge < -0.3 is 14.8 Å². The fourth-order valence-electron chi connectivity index (χ4n) is 2.38. The van der Waals surface area contributed by atoms with Crippen molar-refractivity contribution in [3.05, 3.63) is 59.9 Å². The van der Waals surface area contributed by atoms with E-state index in [1.807, 2.05) is 6.07 Å². The van der Waals surface area contributed by atoms with Crippen LogP contribution in [0, 0.1) is 0 Å². The van der Waals surface area contributed by atoms with Gasteiger partial charge in [-0.3, -0.25) is 4.99 Å². The maximum absolute atomic E-state index is 4.74. The molecule has 0 radical (unpaired) electrons. The minimum atomic E-state index is 0.795. The van der Waals surface area contributed by atoms with Gasteiger partial charge in [0, 0.05) is 39.1 Å². The van der Waals surface area contributed by atoms with Crippen LogP contribution in [0.25, 0.3) is 0 Å². The van der Waals surface area contributed by atoms with Crippen molar-refractivity contribution in [3.8, 4) is 0 Å². The summed E-state index contributed by atoms with van der Waals surface area (Å²) in [6.07, 6.45) is 3.04. The van der Waals surface area contributed by atoms with Gasteiger partial charge in [0.25, 0.3) is 0 Å². The molecule has 118 valence electrons. The van der Waals surface area contributed by atoms with Gasteiger partial charge in [-0.25, -0.2) is 0 Å². The molecular formula is C18H26N4. The maximum Gasteiger partial charge on any atom is 0.194 e. The van der Waals surface area contributed by atoms with Crippen LogP contribution < -0.4 is 5.32 Å². The molecule has 0 amide bonds. The summed E-state index contributed by atoms with van der Waals surface area (Å²) in [6, 6.07) is 14.7. The van der Waals surface area contributed by atoms with Crippen molar-refractivity contribution < 1.29 is 0 Å². The highest BCUT2D eigenvalue weighted by Gasteiger charge is 2.07. The first-order valence-electron chi connectivity index (χ1n) is 7.84. The van der Waals surface area contributed by atoms with E-state index in [-0.39, 0.29) is 0 Å². The Hall–Kier alpha value is -2.23. The Labute approximate surface area is 133 Å². The monoisotopic (exact) mass is 298 g/mol. The molecule has 0 bridgehead atoms. The number of nitrogens with one attached hydrogen (secondary N) is 1. The summed E-state index contributed by atoms with van der Waals surface area (Å²) >= 11 is 0. The Morgan fingerprint density at radius 2 is 1.95 bits per heavy atom. The summed E-state index contributed by atoms with van der Waals surface area (Å²) in [7, 11) is 4.15. The van der Waals surface area contributed by atoms with E-state index in [9.17, 15) is 0 Å². The van der Waals surface area contributed by atoms with E-state index in [0.29, 0.717) is 0 Å². The first-order valence-corrected chi connectivity index (χ1v) is 7.84. The molecule has 0 saturated carbocycles. The molecule has 4 heteroatoms. The zero-order chi connectivity index (χ0) is 15.8. The van der Waals surface area contributed by atoms with Crippen LogP contribution in [-0.4, -0.2) is 35.6 Å². The van der Waals surface area contributed by atoms with E-state index in [1.54, 1.807) is 0 Å². The van der Waals surface area contributed by atoms with Gasteiger partial charge in [0.2, 0.25) is 0 Å². The van der Waals surface area contributed by atoms with Gasteiger partial charge in [0.05, 0.1) is 6.54 Å². The molecule has 0 fully saturated rings. The average molecular weight is 298 g/mol. The lowest BCUT2D eigenvalue weighted by molar-refractivity contribution is 0.462. The van der Waals surface area contributed by atoms with Gasteiger partial charge in [-0.1, -0.05) is 30.3 Å². The van der Waals surface area contributed by atoms with Crippen LogP contribution in [0.4, 0.5) is 0 Å². The molecule has 0 atom stereocenters. The topological polar surface area (TPSA) is 32.6 Å². The second-order valence-electron chi connectivity index (χ2n) is 5.44. The molecule has 1 heterocycles. The van der Waals surface area contributed by atoms with Crippen LogP contribution in [0.2, 0.25) is 0 Å². The Morgan fingerprint density at radius 1 is 1.18 bits per heavy atom. The van der Waals surface area contributed by atoms with Crippen LogP contribution in [-0.2, 0) is 20.0 Å². The summed E-state index contributed by atoms with van der Waals surface area (Å²) in [4.78, 5) is 6.91. The van der Waals surface area contributed by atoms with Crippen molar-refractivity contribution in [1.29, 1.82) is 0 Å². The zero-order valence-corrected chi connectivity index (χ0v) is 13.8. The van der Waals surface area contributed by atoms with Crippen LogP contribution >= 0.6 is 0 Å². The third-order valence-corrected chi connectivity index (χ3v) is 3.65. The normalized spacial score (nSPS) is 11.5. The molecule has 22 heavy (non-hydrogen) atoms. The fourth-order valence-corrected chi connectivity index (χ4v) is 2.38. The Kier molecular flexibility index (Phi) is 6.07. The predicted octanol–water partition coefficient (Wildman–Crippen LogP) is 2.67. The van der Waals surface area contributed by atoms with Crippen molar-refractivity contribution in [2.45, 2.75) is 19.9 Å². The highest BCUT2D eigenvalue weighted by molar-refractivity contribution is 5.79. The van der Waals surface area contributed by atoms with E-state index in [0.717, 1.165) is 32.0 Å². The first-order chi connectivity index (χ1) is 10.7. The summed E-state index contributed by atoms with van der Waals surface area (Å²) < 4.78 is 2.14. The highest BCUT2D eigenvalue weighted by Crippen LogP contribution is 2.04. The summed E-state index contributed by atoms with van der Waals surface area (Å²) in [6.45, 7) is 4.62. The maximum atomic E-state index is 4.74. The molecule has 1 aromatic heterocycles. The molecule has 0 aliphatic heterocycles. The molecule has 0 aliphatic carbocycles. The zero-order valence-electron chi connectivity index (χ0n) is 13.8. The number of nitrogens with zero attached hydrogens (tertiary/aromatic N) is 3. The third-order valence-electron chi connectivity index (χ3n) is 3.65. The third kappa shape index (κ3) is 4.65. The van der Waals surface area contributed by atoms with Gasteiger partial charge in [-0.2, -0.15) is 0 Å². The second kappa shape index (κ2) is 8.27. The van der Waals surface area contributed by atoms with Crippen LogP contribution in [0.1, 0.15) is 18.2 Å². The van der Waals surface area contributed by atoms with E-state index in [1.165, 1.54) is 11.3 Å². The molecule has 2 rings (SSSR count). The molecule has 0 saturated heterocycles. The Balaban J connectivity index is 1.95. The van der Waals surface area contributed by atoms with E-state index in [2.05, 4.69) is 78.4 Å². The number of hydrogen-bond donors (Lipinski definition) is 1. The van der Waals surface area contributed by atoms with E-state index in [4.69, 9.17) is 4.99 Å². The lowest BCUT2D eigenvalue weighted by Crippen LogP contribution is -2.39. The first kappa shape index (κ1) is 16.1. The van der Waals surface area contributed by atoms with Crippen molar-refractivity contribution in [2.75, 3.05) is 20.1 Å². The van der Waals surface area contributed by atoms with Crippen molar-refractivity contribution in [3.63, 3.8) is 0 Å². The lowest BCUT2D eigenvalue weighted by atomic mass is 10.2. The number of hydrogen-bond acceptors (Lipinski definition) is 1.